The minimum Gasteiger partial charge on any atom is -0.307 e. The van der Waals surface area contributed by atoms with Crippen molar-refractivity contribution in [2.24, 2.45) is 0 Å². The third-order valence-electron chi connectivity index (χ3n) is 4.61. The molecule has 0 saturated heterocycles. The van der Waals surface area contributed by atoms with Gasteiger partial charge in [0.15, 0.2) is 5.69 Å². The van der Waals surface area contributed by atoms with Gasteiger partial charge in [0, 0.05) is 23.5 Å². The lowest BCUT2D eigenvalue weighted by atomic mass is 9.95. The van der Waals surface area contributed by atoms with E-state index in [1.54, 1.807) is 0 Å². The Morgan fingerprint density at radius 1 is 1.10 bits per heavy atom. The van der Waals surface area contributed by atoms with Crippen LogP contribution in [0.4, 0.5) is 5.69 Å². The summed E-state index contributed by atoms with van der Waals surface area (Å²) in [6.07, 6.45) is 6.42. The number of fused-ring (bicyclic) bond motifs is 2. The minimum atomic E-state index is 0.0570. The topological polar surface area (TPSA) is 49.0 Å². The Kier molecular flexibility index (Phi) is 3.02. The zero-order valence-corrected chi connectivity index (χ0v) is 12.1. The molecule has 4 nitrogen and oxygen atoms in total. The van der Waals surface area contributed by atoms with E-state index in [1.165, 1.54) is 12.0 Å². The molecule has 4 rings (SSSR count). The van der Waals surface area contributed by atoms with E-state index in [1.807, 2.05) is 23.1 Å². The van der Waals surface area contributed by atoms with Crippen molar-refractivity contribution in [2.75, 3.05) is 11.4 Å². The molecule has 0 atom stereocenters. The highest BCUT2D eigenvalue weighted by Gasteiger charge is 2.28. The molecule has 1 aliphatic heterocycles. The van der Waals surface area contributed by atoms with Crippen molar-refractivity contribution < 1.29 is 4.79 Å². The normalized spacial score (nSPS) is 17.2. The molecule has 1 aromatic heterocycles. The van der Waals surface area contributed by atoms with Crippen LogP contribution in [0.2, 0.25) is 0 Å². The van der Waals surface area contributed by atoms with E-state index in [9.17, 15) is 4.79 Å². The molecule has 2 heterocycles. The minimum absolute atomic E-state index is 0.0570. The molecule has 108 valence electrons. The molecule has 1 N–H and O–H groups in total. The lowest BCUT2D eigenvalue weighted by Gasteiger charge is -2.29. The second-order valence-electron chi connectivity index (χ2n) is 5.93. The number of rotatable bonds is 1. The first-order valence-corrected chi connectivity index (χ1v) is 7.80. The molecule has 0 radical (unpaired) electrons. The maximum absolute atomic E-state index is 12.9. The molecule has 21 heavy (non-hydrogen) atoms. The summed E-state index contributed by atoms with van der Waals surface area (Å²) in [6, 6.07) is 8.22. The number of aryl methyl sites for hydroxylation is 2. The number of hydrogen-bond acceptors (Lipinski definition) is 2. The summed E-state index contributed by atoms with van der Waals surface area (Å²) in [5.41, 5.74) is 5.27. The first-order chi connectivity index (χ1) is 10.3. The van der Waals surface area contributed by atoms with Crippen molar-refractivity contribution in [1.29, 1.82) is 0 Å². The molecule has 0 saturated carbocycles. The smallest absolute Gasteiger partial charge is 0.279 e. The first-order valence-electron chi connectivity index (χ1n) is 7.80. The Labute approximate surface area is 124 Å². The number of amides is 1. The van der Waals surface area contributed by atoms with Crippen LogP contribution in [0.5, 0.6) is 0 Å². The van der Waals surface area contributed by atoms with Crippen LogP contribution in [0.25, 0.3) is 0 Å². The fourth-order valence-electron chi connectivity index (χ4n) is 3.53. The van der Waals surface area contributed by atoms with Gasteiger partial charge < -0.3 is 4.90 Å². The third kappa shape index (κ3) is 2.06. The zero-order valence-electron chi connectivity index (χ0n) is 12.1. The standard InChI is InChI=1S/C17H19N3O/c21-17(16-13-8-2-3-9-14(13)18-19-16)20-11-5-7-12-6-1-4-10-15(12)20/h1,4,6,10H,2-3,5,7-9,11H2,(H,18,19). The highest BCUT2D eigenvalue weighted by Crippen LogP contribution is 2.30. The SMILES string of the molecule is O=C(c1n[nH]c2c1CCCC2)N1CCCc2ccccc21. The average molecular weight is 281 g/mol. The summed E-state index contributed by atoms with van der Waals surface area (Å²) in [6.45, 7) is 0.789. The van der Waals surface area contributed by atoms with E-state index < -0.39 is 0 Å². The van der Waals surface area contributed by atoms with Crippen LogP contribution >= 0.6 is 0 Å². The van der Waals surface area contributed by atoms with Crippen molar-refractivity contribution in [3.05, 3.63) is 46.8 Å². The molecule has 0 bridgehead atoms. The summed E-state index contributed by atoms with van der Waals surface area (Å²) >= 11 is 0. The fourth-order valence-corrected chi connectivity index (χ4v) is 3.53. The number of benzene rings is 1. The fraction of sp³-hybridized carbons (Fsp3) is 0.412. The van der Waals surface area contributed by atoms with Crippen LogP contribution in [0.3, 0.4) is 0 Å². The van der Waals surface area contributed by atoms with Crippen LogP contribution in [0.15, 0.2) is 24.3 Å². The number of H-pyrrole nitrogens is 1. The highest BCUT2D eigenvalue weighted by atomic mass is 16.2. The largest absolute Gasteiger partial charge is 0.307 e. The van der Waals surface area contributed by atoms with Crippen molar-refractivity contribution in [3.8, 4) is 0 Å². The van der Waals surface area contributed by atoms with Gasteiger partial charge in [-0.15, -0.1) is 0 Å². The van der Waals surface area contributed by atoms with Gasteiger partial charge in [-0.2, -0.15) is 5.10 Å². The van der Waals surface area contributed by atoms with E-state index in [2.05, 4.69) is 16.3 Å². The predicted molar refractivity (Wildman–Crippen MR) is 81.7 cm³/mol. The van der Waals surface area contributed by atoms with Gasteiger partial charge >= 0.3 is 0 Å². The molecular weight excluding hydrogens is 262 g/mol. The zero-order chi connectivity index (χ0) is 14.2. The molecule has 1 aliphatic carbocycles. The summed E-state index contributed by atoms with van der Waals surface area (Å²) in [7, 11) is 0. The van der Waals surface area contributed by atoms with Crippen LogP contribution in [0, 0.1) is 0 Å². The number of nitrogens with zero attached hydrogens (tertiary/aromatic N) is 2. The molecule has 2 aromatic rings. The lowest BCUT2D eigenvalue weighted by molar-refractivity contribution is 0.0979. The van der Waals surface area contributed by atoms with Crippen LogP contribution in [0.1, 0.15) is 46.6 Å². The Balaban J connectivity index is 1.71. The molecule has 0 spiro atoms. The number of carbonyl (C=O) groups excluding carboxylic acids is 1. The molecule has 1 aromatic carbocycles. The van der Waals surface area contributed by atoms with Gasteiger partial charge in [0.2, 0.25) is 0 Å². The van der Waals surface area contributed by atoms with E-state index in [4.69, 9.17) is 0 Å². The van der Waals surface area contributed by atoms with Gasteiger partial charge in [0.25, 0.3) is 5.91 Å². The predicted octanol–water partition coefficient (Wildman–Crippen LogP) is 2.88. The first kappa shape index (κ1) is 12.6. The monoisotopic (exact) mass is 281 g/mol. The van der Waals surface area contributed by atoms with Gasteiger partial charge in [0.05, 0.1) is 0 Å². The molecule has 0 fully saturated rings. The number of carbonyl (C=O) groups is 1. The van der Waals surface area contributed by atoms with Gasteiger partial charge in [-0.1, -0.05) is 18.2 Å². The van der Waals surface area contributed by atoms with Gasteiger partial charge in [-0.25, -0.2) is 0 Å². The van der Waals surface area contributed by atoms with E-state index in [-0.39, 0.29) is 5.91 Å². The summed E-state index contributed by atoms with van der Waals surface area (Å²) in [4.78, 5) is 14.8. The Hall–Kier alpha value is -2.10. The third-order valence-corrected chi connectivity index (χ3v) is 4.61. The highest BCUT2D eigenvalue weighted by molar-refractivity contribution is 6.06. The number of anilines is 1. The summed E-state index contributed by atoms with van der Waals surface area (Å²) in [5, 5.41) is 7.40. The van der Waals surface area contributed by atoms with E-state index in [0.29, 0.717) is 5.69 Å². The van der Waals surface area contributed by atoms with Crippen LogP contribution in [-0.2, 0) is 19.3 Å². The number of aromatic nitrogens is 2. The van der Waals surface area contributed by atoms with Crippen molar-refractivity contribution in [3.63, 3.8) is 0 Å². The maximum Gasteiger partial charge on any atom is 0.279 e. The van der Waals surface area contributed by atoms with Crippen molar-refractivity contribution in [2.45, 2.75) is 38.5 Å². The number of aromatic amines is 1. The molecular formula is C17H19N3O. The number of nitrogens with one attached hydrogen (secondary N) is 1. The van der Waals surface area contributed by atoms with Gasteiger partial charge in [-0.05, 0) is 50.2 Å². The van der Waals surface area contributed by atoms with Crippen molar-refractivity contribution >= 4 is 11.6 Å². The quantitative estimate of drug-likeness (QED) is 0.873. The molecule has 0 unspecified atom stereocenters. The maximum atomic E-state index is 12.9. The average Bonchev–Trinajstić information content (AvgIpc) is 2.98. The summed E-state index contributed by atoms with van der Waals surface area (Å²) in [5.74, 6) is 0.0570. The molecule has 2 aliphatic rings. The number of hydrogen-bond donors (Lipinski definition) is 1. The Bertz CT molecular complexity index is 689. The number of para-hydroxylation sites is 1. The Morgan fingerprint density at radius 3 is 2.90 bits per heavy atom. The van der Waals surface area contributed by atoms with E-state index in [0.717, 1.165) is 55.6 Å². The van der Waals surface area contributed by atoms with E-state index >= 15 is 0 Å². The van der Waals surface area contributed by atoms with Gasteiger partial charge in [-0.3, -0.25) is 9.89 Å². The van der Waals surface area contributed by atoms with Crippen LogP contribution in [-0.4, -0.2) is 22.6 Å². The van der Waals surface area contributed by atoms with Gasteiger partial charge in [0.1, 0.15) is 0 Å². The summed E-state index contributed by atoms with van der Waals surface area (Å²) < 4.78 is 0. The van der Waals surface area contributed by atoms with Crippen LogP contribution < -0.4 is 4.90 Å². The second-order valence-corrected chi connectivity index (χ2v) is 5.93. The van der Waals surface area contributed by atoms with Crippen molar-refractivity contribution in [1.82, 2.24) is 10.2 Å². The molecule has 4 heteroatoms. The molecule has 1 amide bonds. The second kappa shape index (κ2) is 5.02. The Morgan fingerprint density at radius 2 is 1.95 bits per heavy atom. The lowest BCUT2D eigenvalue weighted by Crippen LogP contribution is -2.36.